The van der Waals surface area contributed by atoms with E-state index in [1.165, 1.54) is 7.11 Å². The number of ether oxygens (including phenoxy) is 1. The number of amides is 1. The molecule has 1 atom stereocenters. The molecule has 0 aromatic rings. The molecule has 0 saturated carbocycles. The molecule has 5 heteroatoms. The molecule has 90 valence electrons. The average molecular weight is 226 g/mol. The van der Waals surface area contributed by atoms with Gasteiger partial charge in [0.25, 0.3) is 0 Å². The molecule has 5 nitrogen and oxygen atoms in total. The quantitative estimate of drug-likeness (QED) is 0.627. The number of piperidine rings is 1. The summed E-state index contributed by atoms with van der Waals surface area (Å²) in [4.78, 5) is 25.3. The highest BCUT2D eigenvalue weighted by molar-refractivity contribution is 5.88. The number of hydrogen-bond donors (Lipinski definition) is 1. The van der Waals surface area contributed by atoms with Crippen LogP contribution in [0.25, 0.3) is 0 Å². The van der Waals surface area contributed by atoms with Crippen molar-refractivity contribution >= 4 is 11.9 Å². The van der Waals surface area contributed by atoms with Gasteiger partial charge in [-0.3, -0.25) is 9.59 Å². The van der Waals surface area contributed by atoms with Crippen LogP contribution in [0.1, 0.15) is 19.3 Å². The lowest BCUT2D eigenvalue weighted by Gasteiger charge is -2.42. The third kappa shape index (κ3) is 1.50. The Morgan fingerprint density at radius 2 is 2.12 bits per heavy atom. The molecule has 2 fully saturated rings. The molecule has 2 aliphatic heterocycles. The first kappa shape index (κ1) is 11.4. The summed E-state index contributed by atoms with van der Waals surface area (Å²) in [5, 5.41) is 3.26. The zero-order chi connectivity index (χ0) is 11.8. The summed E-state index contributed by atoms with van der Waals surface area (Å²) in [5.41, 5.74) is -0.310. The molecule has 0 aromatic carbocycles. The van der Waals surface area contributed by atoms with Crippen molar-refractivity contribution in [1.29, 1.82) is 0 Å². The average Bonchev–Trinajstić information content (AvgIpc) is 2.55. The highest BCUT2D eigenvalue weighted by Crippen LogP contribution is 2.41. The van der Waals surface area contributed by atoms with Crippen LogP contribution in [-0.2, 0) is 14.3 Å². The van der Waals surface area contributed by atoms with Crippen molar-refractivity contribution in [2.24, 2.45) is 5.92 Å². The molecule has 1 N–H and O–H groups in total. The molecule has 0 radical (unpaired) electrons. The van der Waals surface area contributed by atoms with E-state index < -0.39 is 0 Å². The molecule has 1 unspecified atom stereocenters. The molecule has 2 rings (SSSR count). The maximum atomic E-state index is 11.8. The molecule has 2 aliphatic rings. The van der Waals surface area contributed by atoms with Gasteiger partial charge in [0, 0.05) is 13.5 Å². The number of nitrogens with zero attached hydrogens (tertiary/aromatic N) is 1. The monoisotopic (exact) mass is 226 g/mol. The fourth-order valence-corrected chi connectivity index (χ4v) is 2.97. The predicted octanol–water partition coefficient (Wildman–Crippen LogP) is -0.240. The van der Waals surface area contributed by atoms with Gasteiger partial charge in [0.15, 0.2) is 0 Å². The van der Waals surface area contributed by atoms with E-state index in [9.17, 15) is 9.59 Å². The van der Waals surface area contributed by atoms with Gasteiger partial charge in [-0.1, -0.05) is 0 Å². The van der Waals surface area contributed by atoms with Crippen molar-refractivity contribution in [2.75, 3.05) is 27.2 Å². The van der Waals surface area contributed by atoms with Gasteiger partial charge in [-0.2, -0.15) is 0 Å². The minimum absolute atomic E-state index is 0.0531. The fraction of sp³-hybridized carbons (Fsp3) is 0.818. The van der Waals surface area contributed by atoms with Crippen molar-refractivity contribution in [3.63, 3.8) is 0 Å². The Morgan fingerprint density at radius 3 is 2.69 bits per heavy atom. The van der Waals surface area contributed by atoms with Crippen molar-refractivity contribution in [1.82, 2.24) is 10.2 Å². The van der Waals surface area contributed by atoms with Gasteiger partial charge in [0.05, 0.1) is 18.6 Å². The molecule has 2 heterocycles. The Kier molecular flexibility index (Phi) is 2.88. The van der Waals surface area contributed by atoms with Crippen LogP contribution in [0.15, 0.2) is 0 Å². The molecular formula is C11H18N2O3. The SMILES string of the molecule is COC(=O)C1CC(=O)N(C)C12CCNCC2. The maximum absolute atomic E-state index is 11.8. The van der Waals surface area contributed by atoms with Crippen LogP contribution in [0.5, 0.6) is 0 Å². The Morgan fingerprint density at radius 1 is 1.50 bits per heavy atom. The summed E-state index contributed by atoms with van der Waals surface area (Å²) >= 11 is 0. The van der Waals surface area contributed by atoms with Gasteiger partial charge < -0.3 is 15.0 Å². The van der Waals surface area contributed by atoms with E-state index in [0.29, 0.717) is 6.42 Å². The number of hydrogen-bond acceptors (Lipinski definition) is 4. The summed E-state index contributed by atoms with van der Waals surface area (Å²) in [6, 6.07) is 0. The summed E-state index contributed by atoms with van der Waals surface area (Å²) in [7, 11) is 3.19. The van der Waals surface area contributed by atoms with Crippen LogP contribution in [0.3, 0.4) is 0 Å². The summed E-state index contributed by atoms with van der Waals surface area (Å²) < 4.78 is 4.82. The van der Waals surface area contributed by atoms with Crippen LogP contribution in [-0.4, -0.2) is 49.6 Å². The maximum Gasteiger partial charge on any atom is 0.311 e. The number of nitrogens with one attached hydrogen (secondary N) is 1. The minimum Gasteiger partial charge on any atom is -0.469 e. The van der Waals surface area contributed by atoms with Crippen molar-refractivity contribution < 1.29 is 14.3 Å². The number of carbonyl (C=O) groups excluding carboxylic acids is 2. The van der Waals surface area contributed by atoms with E-state index in [0.717, 1.165) is 25.9 Å². The summed E-state index contributed by atoms with van der Waals surface area (Å²) in [5.74, 6) is -0.492. The van der Waals surface area contributed by atoms with E-state index in [-0.39, 0.29) is 23.3 Å². The van der Waals surface area contributed by atoms with Crippen LogP contribution < -0.4 is 5.32 Å². The van der Waals surface area contributed by atoms with Gasteiger partial charge in [0.2, 0.25) is 5.91 Å². The van der Waals surface area contributed by atoms with Crippen molar-refractivity contribution in [2.45, 2.75) is 24.8 Å². The third-order valence-corrected chi connectivity index (χ3v) is 4.02. The first-order chi connectivity index (χ1) is 7.62. The Labute approximate surface area is 95.1 Å². The second-order valence-electron chi connectivity index (χ2n) is 4.59. The lowest BCUT2D eigenvalue weighted by molar-refractivity contribution is -0.149. The standard InChI is InChI=1S/C11H18N2O3/c1-13-9(14)7-8(10(15)16-2)11(13)3-5-12-6-4-11/h8,12H,3-7H2,1-2H3. The largest absolute Gasteiger partial charge is 0.469 e. The number of esters is 1. The van der Waals surface area contributed by atoms with Crippen molar-refractivity contribution in [3.8, 4) is 0 Å². The van der Waals surface area contributed by atoms with E-state index in [4.69, 9.17) is 4.74 Å². The molecule has 2 saturated heterocycles. The number of rotatable bonds is 1. The zero-order valence-corrected chi connectivity index (χ0v) is 9.78. The smallest absolute Gasteiger partial charge is 0.311 e. The lowest BCUT2D eigenvalue weighted by Crippen LogP contribution is -2.55. The number of carbonyl (C=O) groups is 2. The van der Waals surface area contributed by atoms with Gasteiger partial charge in [-0.05, 0) is 25.9 Å². The normalized spacial score (nSPS) is 28.5. The molecule has 0 aliphatic carbocycles. The minimum atomic E-state index is -0.310. The van der Waals surface area contributed by atoms with Crippen LogP contribution >= 0.6 is 0 Å². The van der Waals surface area contributed by atoms with E-state index in [1.54, 1.807) is 11.9 Å². The number of methoxy groups -OCH3 is 1. The predicted molar refractivity (Wildman–Crippen MR) is 57.7 cm³/mol. The molecule has 1 amide bonds. The Hall–Kier alpha value is -1.10. The van der Waals surface area contributed by atoms with Crippen LogP contribution in [0.4, 0.5) is 0 Å². The van der Waals surface area contributed by atoms with Crippen LogP contribution in [0.2, 0.25) is 0 Å². The fourth-order valence-electron chi connectivity index (χ4n) is 2.97. The Bertz CT molecular complexity index is 310. The van der Waals surface area contributed by atoms with Gasteiger partial charge in [0.1, 0.15) is 0 Å². The molecule has 16 heavy (non-hydrogen) atoms. The van der Waals surface area contributed by atoms with E-state index in [1.807, 2.05) is 0 Å². The highest BCUT2D eigenvalue weighted by Gasteiger charge is 2.54. The highest BCUT2D eigenvalue weighted by atomic mass is 16.5. The van der Waals surface area contributed by atoms with Crippen molar-refractivity contribution in [3.05, 3.63) is 0 Å². The molecule has 1 spiro atoms. The number of likely N-dealkylation sites (tertiary alicyclic amines) is 1. The van der Waals surface area contributed by atoms with Gasteiger partial charge in [-0.15, -0.1) is 0 Å². The van der Waals surface area contributed by atoms with Gasteiger partial charge >= 0.3 is 5.97 Å². The lowest BCUT2D eigenvalue weighted by atomic mass is 9.77. The summed E-state index contributed by atoms with van der Waals surface area (Å²) in [6.07, 6.45) is 1.95. The molecular weight excluding hydrogens is 208 g/mol. The zero-order valence-electron chi connectivity index (χ0n) is 9.78. The van der Waals surface area contributed by atoms with E-state index in [2.05, 4.69) is 5.32 Å². The van der Waals surface area contributed by atoms with Crippen LogP contribution in [0, 0.1) is 5.92 Å². The third-order valence-electron chi connectivity index (χ3n) is 4.02. The van der Waals surface area contributed by atoms with E-state index >= 15 is 0 Å². The second kappa shape index (κ2) is 4.05. The second-order valence-corrected chi connectivity index (χ2v) is 4.59. The first-order valence-electron chi connectivity index (χ1n) is 5.67. The topological polar surface area (TPSA) is 58.6 Å². The summed E-state index contributed by atoms with van der Waals surface area (Å²) in [6.45, 7) is 1.70. The Balaban J connectivity index is 2.29. The molecule has 0 bridgehead atoms. The van der Waals surface area contributed by atoms with Gasteiger partial charge in [-0.25, -0.2) is 0 Å². The first-order valence-corrected chi connectivity index (χ1v) is 5.67. The molecule has 0 aromatic heterocycles.